The largest absolute Gasteiger partial charge is 0.468 e. The fraction of sp³-hybridized carbons (Fsp3) is 0.692. The van der Waals surface area contributed by atoms with Gasteiger partial charge in [0.05, 0.1) is 12.8 Å². The predicted molar refractivity (Wildman–Crippen MR) is 71.9 cm³/mol. The molecule has 1 unspecified atom stereocenters. The number of hydrogen-bond donors (Lipinski definition) is 1. The van der Waals surface area contributed by atoms with Crippen molar-refractivity contribution in [1.82, 2.24) is 4.90 Å². The molecule has 0 amide bonds. The van der Waals surface area contributed by atoms with Crippen molar-refractivity contribution < 1.29 is 4.42 Å². The molecule has 0 aliphatic rings. The van der Waals surface area contributed by atoms with Crippen LogP contribution in [0, 0.1) is 5.92 Å². The third kappa shape index (κ3) is 5.08. The van der Waals surface area contributed by atoms with E-state index >= 15 is 0 Å². The van der Waals surface area contributed by atoms with Crippen molar-refractivity contribution in [3.05, 3.63) is 24.2 Å². The van der Waals surface area contributed by atoms with E-state index in [1.165, 1.54) is 12.8 Å². The van der Waals surface area contributed by atoms with Crippen LogP contribution in [0.5, 0.6) is 0 Å². The van der Waals surface area contributed by atoms with E-state index in [1.54, 1.807) is 6.26 Å². The molecule has 0 N–H and O–H groups in total. The fourth-order valence-electron chi connectivity index (χ4n) is 1.74. The summed E-state index contributed by atoms with van der Waals surface area (Å²) in [7, 11) is 0. The molecule has 16 heavy (non-hydrogen) atoms. The van der Waals surface area contributed by atoms with Crippen LogP contribution in [0.15, 0.2) is 22.8 Å². The zero-order chi connectivity index (χ0) is 11.8. The number of nitrogens with zero attached hydrogens (tertiary/aromatic N) is 1. The Morgan fingerprint density at radius 3 is 2.81 bits per heavy atom. The van der Waals surface area contributed by atoms with Crippen LogP contribution in [0.1, 0.15) is 32.4 Å². The molecule has 0 aliphatic heterocycles. The molecule has 0 aromatic carbocycles. The van der Waals surface area contributed by atoms with Crippen LogP contribution in [0.25, 0.3) is 0 Å². The third-order valence-corrected chi connectivity index (χ3v) is 3.22. The molecule has 1 rings (SSSR count). The Kier molecular flexibility index (Phi) is 6.65. The Hall–Kier alpha value is -0.410. The molecular weight excluding hydrogens is 218 g/mol. The molecule has 2 nitrogen and oxygen atoms in total. The van der Waals surface area contributed by atoms with Crippen LogP contribution in [-0.4, -0.2) is 23.7 Å². The van der Waals surface area contributed by atoms with Gasteiger partial charge in [0, 0.05) is 0 Å². The second kappa shape index (κ2) is 7.80. The summed E-state index contributed by atoms with van der Waals surface area (Å²) in [6.07, 6.45) is 4.20. The van der Waals surface area contributed by atoms with Gasteiger partial charge in [-0.1, -0.05) is 13.8 Å². The van der Waals surface area contributed by atoms with E-state index in [1.807, 2.05) is 12.1 Å². The normalized spacial score (nSPS) is 13.2. The highest BCUT2D eigenvalue weighted by Gasteiger charge is 2.08. The second-order valence-electron chi connectivity index (χ2n) is 4.35. The quantitative estimate of drug-likeness (QED) is 0.702. The van der Waals surface area contributed by atoms with Crippen LogP contribution in [-0.2, 0) is 6.54 Å². The van der Waals surface area contributed by atoms with Crippen LogP contribution < -0.4 is 0 Å². The Bertz CT molecular complexity index is 261. The van der Waals surface area contributed by atoms with Crippen molar-refractivity contribution in [1.29, 1.82) is 0 Å². The lowest BCUT2D eigenvalue weighted by atomic mass is 10.1. The van der Waals surface area contributed by atoms with Crippen LogP contribution >= 0.6 is 12.6 Å². The van der Waals surface area contributed by atoms with Crippen LogP contribution in [0.4, 0.5) is 0 Å². The summed E-state index contributed by atoms with van der Waals surface area (Å²) in [6, 6.07) is 3.99. The van der Waals surface area contributed by atoms with Gasteiger partial charge < -0.3 is 4.42 Å². The van der Waals surface area contributed by atoms with E-state index in [2.05, 4.69) is 31.4 Å². The van der Waals surface area contributed by atoms with E-state index in [-0.39, 0.29) is 0 Å². The molecular formula is C13H23NOS. The highest BCUT2D eigenvalue weighted by molar-refractivity contribution is 7.80. The van der Waals surface area contributed by atoms with Crippen molar-refractivity contribution in [3.63, 3.8) is 0 Å². The van der Waals surface area contributed by atoms with Crippen LogP contribution in [0.3, 0.4) is 0 Å². The van der Waals surface area contributed by atoms with Gasteiger partial charge in [-0.15, -0.1) is 0 Å². The molecule has 0 bridgehead atoms. The Labute approximate surface area is 104 Å². The Morgan fingerprint density at radius 1 is 1.44 bits per heavy atom. The first-order valence-corrected chi connectivity index (χ1v) is 6.75. The topological polar surface area (TPSA) is 16.4 Å². The molecule has 0 saturated heterocycles. The van der Waals surface area contributed by atoms with Gasteiger partial charge >= 0.3 is 0 Å². The molecule has 0 spiro atoms. The first-order chi connectivity index (χ1) is 7.76. The summed E-state index contributed by atoms with van der Waals surface area (Å²) in [4.78, 5) is 2.42. The average Bonchev–Trinajstić information content (AvgIpc) is 2.77. The van der Waals surface area contributed by atoms with Gasteiger partial charge in [-0.05, 0) is 49.7 Å². The summed E-state index contributed by atoms with van der Waals surface area (Å²) < 4.78 is 5.37. The molecule has 1 aromatic heterocycles. The van der Waals surface area contributed by atoms with Gasteiger partial charge in [-0.25, -0.2) is 0 Å². The van der Waals surface area contributed by atoms with Crippen molar-refractivity contribution in [2.24, 2.45) is 5.92 Å². The van der Waals surface area contributed by atoms with Gasteiger partial charge in [0.1, 0.15) is 5.76 Å². The molecule has 0 fully saturated rings. The minimum absolute atomic E-state index is 0.767. The van der Waals surface area contributed by atoms with Crippen molar-refractivity contribution in [3.8, 4) is 0 Å². The summed E-state index contributed by atoms with van der Waals surface area (Å²) >= 11 is 4.27. The molecule has 1 aromatic rings. The van der Waals surface area contributed by atoms with Gasteiger partial charge in [0.25, 0.3) is 0 Å². The predicted octanol–water partition coefficient (Wildman–Crippen LogP) is 3.45. The molecule has 3 heteroatoms. The lowest BCUT2D eigenvalue weighted by Crippen LogP contribution is -2.25. The maximum atomic E-state index is 5.37. The number of furan rings is 1. The fourth-order valence-corrected chi connectivity index (χ4v) is 2.18. The number of rotatable bonds is 8. The van der Waals surface area contributed by atoms with Crippen LogP contribution in [0.2, 0.25) is 0 Å². The highest BCUT2D eigenvalue weighted by Crippen LogP contribution is 2.11. The lowest BCUT2D eigenvalue weighted by molar-refractivity contribution is 0.238. The standard InChI is InChI=1S/C13H23NOS/c1-3-14(8-6-12(2)7-10-16)11-13-5-4-9-15-13/h4-5,9,12,16H,3,6-8,10-11H2,1-2H3. The highest BCUT2D eigenvalue weighted by atomic mass is 32.1. The minimum Gasteiger partial charge on any atom is -0.468 e. The summed E-state index contributed by atoms with van der Waals surface area (Å²) in [5, 5.41) is 0. The van der Waals surface area contributed by atoms with Crippen molar-refractivity contribution in [2.45, 2.75) is 33.2 Å². The van der Waals surface area contributed by atoms with Gasteiger partial charge in [-0.2, -0.15) is 12.6 Å². The molecule has 0 aliphatic carbocycles. The molecule has 92 valence electrons. The van der Waals surface area contributed by atoms with Crippen molar-refractivity contribution >= 4 is 12.6 Å². The lowest BCUT2D eigenvalue weighted by Gasteiger charge is -2.21. The first-order valence-electron chi connectivity index (χ1n) is 6.11. The molecule has 1 heterocycles. The smallest absolute Gasteiger partial charge is 0.117 e. The zero-order valence-electron chi connectivity index (χ0n) is 10.4. The average molecular weight is 241 g/mol. The zero-order valence-corrected chi connectivity index (χ0v) is 11.2. The molecule has 1 atom stereocenters. The van der Waals surface area contributed by atoms with Gasteiger partial charge in [-0.3, -0.25) is 4.90 Å². The first kappa shape index (κ1) is 13.7. The van der Waals surface area contributed by atoms with E-state index < -0.39 is 0 Å². The summed E-state index contributed by atoms with van der Waals surface area (Å²) in [5.74, 6) is 2.82. The monoisotopic (exact) mass is 241 g/mol. The summed E-state index contributed by atoms with van der Waals surface area (Å²) in [5.41, 5.74) is 0. The second-order valence-corrected chi connectivity index (χ2v) is 4.80. The van der Waals surface area contributed by atoms with Gasteiger partial charge in [0.15, 0.2) is 0 Å². The molecule has 0 radical (unpaired) electrons. The Balaban J connectivity index is 2.26. The third-order valence-electron chi connectivity index (χ3n) is 2.97. The van der Waals surface area contributed by atoms with E-state index in [0.717, 1.165) is 37.1 Å². The number of thiol groups is 1. The maximum Gasteiger partial charge on any atom is 0.117 e. The van der Waals surface area contributed by atoms with Crippen molar-refractivity contribution in [2.75, 3.05) is 18.8 Å². The molecule has 0 saturated carbocycles. The Morgan fingerprint density at radius 2 is 2.25 bits per heavy atom. The van der Waals surface area contributed by atoms with E-state index in [0.29, 0.717) is 0 Å². The van der Waals surface area contributed by atoms with E-state index in [4.69, 9.17) is 4.42 Å². The SMILES string of the molecule is CCN(CCC(C)CCS)Cc1ccco1. The maximum absolute atomic E-state index is 5.37. The summed E-state index contributed by atoms with van der Waals surface area (Å²) in [6.45, 7) is 7.65. The minimum atomic E-state index is 0.767. The van der Waals surface area contributed by atoms with E-state index in [9.17, 15) is 0 Å². The number of hydrogen-bond acceptors (Lipinski definition) is 3. The van der Waals surface area contributed by atoms with Gasteiger partial charge in [0.2, 0.25) is 0 Å².